The van der Waals surface area contributed by atoms with Gasteiger partial charge in [0.25, 0.3) is 5.91 Å². The summed E-state index contributed by atoms with van der Waals surface area (Å²) in [5.74, 6) is -0.0175. The zero-order chi connectivity index (χ0) is 12.5. The highest BCUT2D eigenvalue weighted by Gasteiger charge is 2.01. The molecule has 0 fully saturated rings. The van der Waals surface area contributed by atoms with Gasteiger partial charge in [0.05, 0.1) is 0 Å². The van der Waals surface area contributed by atoms with Gasteiger partial charge in [0.1, 0.15) is 11.6 Å². The lowest BCUT2D eigenvalue weighted by atomic mass is 10.3. The molecule has 0 unspecified atom stereocenters. The van der Waals surface area contributed by atoms with Gasteiger partial charge in [-0.05, 0) is 44.3 Å². The van der Waals surface area contributed by atoms with Crippen LogP contribution in [0.2, 0.25) is 0 Å². The van der Waals surface area contributed by atoms with Crippen LogP contribution in [0.4, 0.5) is 4.39 Å². The predicted octanol–water partition coefficient (Wildman–Crippen LogP) is 1.35. The fraction of sp³-hybridized carbons (Fsp3) is 0.417. The lowest BCUT2D eigenvalue weighted by Gasteiger charge is -2.07. The van der Waals surface area contributed by atoms with E-state index in [2.05, 4.69) is 10.6 Å². The number of carbonyl (C=O) groups is 1. The fourth-order valence-corrected chi connectivity index (χ4v) is 1.22. The highest BCUT2D eigenvalue weighted by molar-refractivity contribution is 5.85. The molecule has 6 heteroatoms. The van der Waals surface area contributed by atoms with E-state index < -0.39 is 0 Å². The zero-order valence-electron chi connectivity index (χ0n) is 10.2. The van der Waals surface area contributed by atoms with Crippen LogP contribution in [0, 0.1) is 5.82 Å². The maximum atomic E-state index is 12.6. The molecule has 0 atom stereocenters. The maximum Gasteiger partial charge on any atom is 0.257 e. The standard InChI is InChI=1S/C12H17FN2O2.ClH/c1-14-7-2-8-15-12(16)9-17-11-5-3-10(13)4-6-11;/h3-6,14H,2,7-9H2,1H3,(H,15,16);1H. The molecule has 4 nitrogen and oxygen atoms in total. The third-order valence-corrected chi connectivity index (χ3v) is 2.11. The molecule has 2 N–H and O–H groups in total. The molecule has 1 aromatic rings. The van der Waals surface area contributed by atoms with Crippen LogP contribution in [0.1, 0.15) is 6.42 Å². The van der Waals surface area contributed by atoms with Crippen LogP contribution in [0.3, 0.4) is 0 Å². The summed E-state index contributed by atoms with van der Waals surface area (Å²) in [6.45, 7) is 1.43. The van der Waals surface area contributed by atoms with Crippen LogP contribution < -0.4 is 15.4 Å². The van der Waals surface area contributed by atoms with Gasteiger partial charge in [0.2, 0.25) is 0 Å². The first-order valence-electron chi connectivity index (χ1n) is 5.52. The maximum absolute atomic E-state index is 12.6. The van der Waals surface area contributed by atoms with Crippen molar-refractivity contribution < 1.29 is 13.9 Å². The number of nitrogens with one attached hydrogen (secondary N) is 2. The Hall–Kier alpha value is -1.33. The van der Waals surface area contributed by atoms with E-state index in [9.17, 15) is 9.18 Å². The Morgan fingerprint density at radius 1 is 1.28 bits per heavy atom. The molecule has 1 amide bonds. The van der Waals surface area contributed by atoms with E-state index in [0.29, 0.717) is 12.3 Å². The van der Waals surface area contributed by atoms with Crippen molar-refractivity contribution in [1.29, 1.82) is 0 Å². The van der Waals surface area contributed by atoms with E-state index >= 15 is 0 Å². The molecule has 1 rings (SSSR count). The second-order valence-corrected chi connectivity index (χ2v) is 3.55. The Balaban J connectivity index is 0.00000289. The quantitative estimate of drug-likeness (QED) is 0.739. The summed E-state index contributed by atoms with van der Waals surface area (Å²) in [5, 5.41) is 5.71. The van der Waals surface area contributed by atoms with Gasteiger partial charge in [-0.3, -0.25) is 4.79 Å². The van der Waals surface area contributed by atoms with Crippen LogP contribution in [0.5, 0.6) is 5.75 Å². The number of carbonyl (C=O) groups excluding carboxylic acids is 1. The number of amides is 1. The van der Waals surface area contributed by atoms with Gasteiger partial charge >= 0.3 is 0 Å². The van der Waals surface area contributed by atoms with Crippen molar-refractivity contribution in [1.82, 2.24) is 10.6 Å². The van der Waals surface area contributed by atoms with Gasteiger partial charge in [-0.15, -0.1) is 12.4 Å². The molecule has 0 heterocycles. The van der Waals surface area contributed by atoms with Crippen LogP contribution in [-0.2, 0) is 4.79 Å². The highest BCUT2D eigenvalue weighted by atomic mass is 35.5. The number of halogens is 2. The monoisotopic (exact) mass is 276 g/mol. The van der Waals surface area contributed by atoms with Gasteiger partial charge in [-0.2, -0.15) is 0 Å². The molecule has 0 spiro atoms. The summed E-state index contributed by atoms with van der Waals surface area (Å²) in [6, 6.07) is 5.56. The molecule has 0 aliphatic heterocycles. The van der Waals surface area contributed by atoms with Gasteiger partial charge in [0, 0.05) is 6.54 Å². The van der Waals surface area contributed by atoms with Crippen LogP contribution in [0.25, 0.3) is 0 Å². The van der Waals surface area contributed by atoms with Gasteiger partial charge in [0.15, 0.2) is 6.61 Å². The van der Waals surface area contributed by atoms with Crippen molar-refractivity contribution in [2.75, 3.05) is 26.7 Å². The van der Waals surface area contributed by atoms with Crippen LogP contribution >= 0.6 is 12.4 Å². The number of benzene rings is 1. The first-order valence-corrected chi connectivity index (χ1v) is 5.52. The molecule has 0 radical (unpaired) electrons. The molecule has 0 saturated heterocycles. The minimum absolute atomic E-state index is 0. The molecular formula is C12H18ClFN2O2. The molecule has 1 aromatic carbocycles. The van der Waals surface area contributed by atoms with Crippen LogP contribution in [-0.4, -0.2) is 32.7 Å². The lowest BCUT2D eigenvalue weighted by molar-refractivity contribution is -0.123. The average Bonchev–Trinajstić information content (AvgIpc) is 2.34. The van der Waals surface area contributed by atoms with E-state index in [1.807, 2.05) is 7.05 Å². The predicted molar refractivity (Wildman–Crippen MR) is 70.7 cm³/mol. The first-order chi connectivity index (χ1) is 8.22. The van der Waals surface area contributed by atoms with E-state index in [1.54, 1.807) is 0 Å². The second-order valence-electron chi connectivity index (χ2n) is 3.55. The molecule has 18 heavy (non-hydrogen) atoms. The van der Waals surface area contributed by atoms with Crippen molar-refractivity contribution in [3.05, 3.63) is 30.1 Å². The molecule has 0 bridgehead atoms. The van der Waals surface area contributed by atoms with Gasteiger partial charge in [-0.1, -0.05) is 0 Å². The average molecular weight is 277 g/mol. The number of ether oxygens (including phenoxy) is 1. The van der Waals surface area contributed by atoms with Crippen molar-refractivity contribution in [3.8, 4) is 5.75 Å². The summed E-state index contributed by atoms with van der Waals surface area (Å²) in [4.78, 5) is 11.3. The summed E-state index contributed by atoms with van der Waals surface area (Å²) in [6.07, 6.45) is 0.874. The Labute approximate surface area is 112 Å². The summed E-state index contributed by atoms with van der Waals surface area (Å²) >= 11 is 0. The molecule has 0 aliphatic rings. The Morgan fingerprint density at radius 3 is 2.56 bits per heavy atom. The number of rotatable bonds is 7. The molecule has 102 valence electrons. The fourth-order valence-electron chi connectivity index (χ4n) is 1.22. The van der Waals surface area contributed by atoms with Crippen molar-refractivity contribution in [2.45, 2.75) is 6.42 Å². The number of hydrogen-bond acceptors (Lipinski definition) is 3. The van der Waals surface area contributed by atoms with Gasteiger partial charge < -0.3 is 15.4 Å². The van der Waals surface area contributed by atoms with Crippen molar-refractivity contribution in [2.24, 2.45) is 0 Å². The lowest BCUT2D eigenvalue weighted by Crippen LogP contribution is -2.30. The second kappa shape index (κ2) is 9.67. The first kappa shape index (κ1) is 16.7. The van der Waals surface area contributed by atoms with E-state index in [0.717, 1.165) is 13.0 Å². The van der Waals surface area contributed by atoms with Crippen molar-refractivity contribution in [3.63, 3.8) is 0 Å². The molecular weight excluding hydrogens is 259 g/mol. The minimum atomic E-state index is -0.325. The number of hydrogen-bond donors (Lipinski definition) is 2. The largest absolute Gasteiger partial charge is 0.484 e. The smallest absolute Gasteiger partial charge is 0.257 e. The minimum Gasteiger partial charge on any atom is -0.484 e. The van der Waals surface area contributed by atoms with E-state index in [-0.39, 0.29) is 30.7 Å². The summed E-state index contributed by atoms with van der Waals surface area (Å²) in [7, 11) is 1.86. The Morgan fingerprint density at radius 2 is 1.94 bits per heavy atom. The molecule has 0 aliphatic carbocycles. The Kier molecular flexibility index (Phi) is 8.96. The zero-order valence-corrected chi connectivity index (χ0v) is 11.1. The van der Waals surface area contributed by atoms with Crippen LogP contribution in [0.15, 0.2) is 24.3 Å². The highest BCUT2D eigenvalue weighted by Crippen LogP contribution is 2.10. The normalized spacial score (nSPS) is 9.44. The molecule has 0 saturated carbocycles. The molecule has 0 aromatic heterocycles. The third-order valence-electron chi connectivity index (χ3n) is 2.11. The summed E-state index contributed by atoms with van der Waals surface area (Å²) in [5.41, 5.74) is 0. The van der Waals surface area contributed by atoms with E-state index in [1.165, 1.54) is 24.3 Å². The topological polar surface area (TPSA) is 50.4 Å². The van der Waals surface area contributed by atoms with Gasteiger partial charge in [-0.25, -0.2) is 4.39 Å². The SMILES string of the molecule is CNCCCNC(=O)COc1ccc(F)cc1.Cl. The van der Waals surface area contributed by atoms with Crippen molar-refractivity contribution >= 4 is 18.3 Å². The third kappa shape index (κ3) is 7.09. The Bertz CT molecular complexity index is 346. The van der Waals surface area contributed by atoms with E-state index in [4.69, 9.17) is 4.74 Å². The summed E-state index contributed by atoms with van der Waals surface area (Å²) < 4.78 is 17.8.